The number of rotatable bonds is 10. The molecule has 2 heterocycles. The predicted molar refractivity (Wildman–Crippen MR) is 148 cm³/mol. The van der Waals surface area contributed by atoms with Gasteiger partial charge in [-0.25, -0.2) is 4.79 Å². The van der Waals surface area contributed by atoms with E-state index >= 15 is 0 Å². The van der Waals surface area contributed by atoms with Crippen molar-refractivity contribution >= 4 is 12.0 Å². The van der Waals surface area contributed by atoms with Crippen molar-refractivity contribution in [2.75, 3.05) is 27.3 Å². The van der Waals surface area contributed by atoms with E-state index in [0.717, 1.165) is 12.0 Å². The Bertz CT molecular complexity index is 1400. The van der Waals surface area contributed by atoms with E-state index in [1.54, 1.807) is 18.2 Å². The summed E-state index contributed by atoms with van der Waals surface area (Å²) in [5.74, 6) is -0.303. The number of benzene rings is 2. The van der Waals surface area contributed by atoms with Gasteiger partial charge in [0.15, 0.2) is 5.56 Å². The van der Waals surface area contributed by atoms with Crippen molar-refractivity contribution < 1.29 is 29.3 Å². The lowest BCUT2D eigenvalue weighted by atomic mass is 10.1. The molecule has 2 aromatic carbocycles. The van der Waals surface area contributed by atoms with Gasteiger partial charge in [0.2, 0.25) is 5.88 Å². The maximum absolute atomic E-state index is 13.7. The highest BCUT2D eigenvalue weighted by atomic mass is 16.5. The number of para-hydroxylation sites is 1. The van der Waals surface area contributed by atoms with Gasteiger partial charge >= 0.3 is 6.09 Å². The first-order chi connectivity index (χ1) is 19.3. The van der Waals surface area contributed by atoms with Crippen LogP contribution in [0, 0.1) is 0 Å². The molecule has 1 aliphatic heterocycles. The van der Waals surface area contributed by atoms with Crippen molar-refractivity contribution in [1.82, 2.24) is 19.4 Å². The lowest BCUT2D eigenvalue weighted by Gasteiger charge is -2.26. The van der Waals surface area contributed by atoms with Crippen LogP contribution in [0.2, 0.25) is 0 Å². The Labute approximate surface area is 232 Å². The second-order valence-electron chi connectivity index (χ2n) is 9.57. The quantitative estimate of drug-likeness (QED) is 0.390. The van der Waals surface area contributed by atoms with Gasteiger partial charge in [-0.1, -0.05) is 49.7 Å². The fourth-order valence-electron chi connectivity index (χ4n) is 5.00. The molecule has 4 rings (SSSR count). The molecular formula is C29H34N4O7. The molecule has 40 heavy (non-hydrogen) atoms. The zero-order valence-corrected chi connectivity index (χ0v) is 22.9. The van der Waals surface area contributed by atoms with Crippen molar-refractivity contribution in [2.45, 2.75) is 45.2 Å². The van der Waals surface area contributed by atoms with Gasteiger partial charge in [-0.3, -0.25) is 19.1 Å². The first-order valence-corrected chi connectivity index (χ1v) is 13.2. The van der Waals surface area contributed by atoms with Crippen LogP contribution >= 0.6 is 0 Å². The average Bonchev–Trinajstić information content (AvgIpc) is 3.44. The summed E-state index contributed by atoms with van der Waals surface area (Å²) in [6.45, 7) is 2.46. The van der Waals surface area contributed by atoms with Crippen LogP contribution in [0.1, 0.15) is 47.9 Å². The summed E-state index contributed by atoms with van der Waals surface area (Å²) in [4.78, 5) is 45.9. The Balaban J connectivity index is 1.72. The number of aromatic hydroxyl groups is 1. The molecule has 11 nitrogen and oxygen atoms in total. The van der Waals surface area contributed by atoms with E-state index < -0.39 is 35.0 Å². The van der Waals surface area contributed by atoms with E-state index in [1.807, 2.05) is 37.3 Å². The van der Waals surface area contributed by atoms with Crippen molar-refractivity contribution in [3.63, 3.8) is 0 Å². The highest BCUT2D eigenvalue weighted by Crippen LogP contribution is 2.37. The highest BCUT2D eigenvalue weighted by Gasteiger charge is 2.36. The topological polar surface area (TPSA) is 134 Å². The minimum absolute atomic E-state index is 0.0758. The molecule has 0 saturated carbocycles. The summed E-state index contributed by atoms with van der Waals surface area (Å²) in [7, 11) is 2.94. The fourth-order valence-corrected chi connectivity index (χ4v) is 5.00. The third-order valence-corrected chi connectivity index (χ3v) is 7.06. The number of carbonyl (C=O) groups excluding carboxylic acids is 1. The van der Waals surface area contributed by atoms with E-state index in [0.29, 0.717) is 36.4 Å². The molecule has 0 unspecified atom stereocenters. The SMILES string of the molecule is CCCCc1nc(=O)c(C(=O)N2CC[C@@H](N(Cc3ccccc3)C(=O)O)C2)c(O)n1-c1c(OC)cccc1OC. The van der Waals surface area contributed by atoms with E-state index in [9.17, 15) is 24.6 Å². The molecule has 3 aromatic rings. The van der Waals surface area contributed by atoms with Gasteiger partial charge in [-0.05, 0) is 30.5 Å². The first kappa shape index (κ1) is 28.5. The van der Waals surface area contributed by atoms with Crippen LogP contribution < -0.4 is 15.0 Å². The largest absolute Gasteiger partial charge is 0.494 e. The van der Waals surface area contributed by atoms with Gasteiger partial charge in [0.25, 0.3) is 11.5 Å². The molecule has 2 N–H and O–H groups in total. The standard InChI is InChI=1S/C29H34N4O7/c1-4-5-14-23-30-26(34)24(28(36)33(23)25-21(39-2)12-9-13-22(25)40-3)27(35)31-16-15-20(18-31)32(29(37)38)17-19-10-7-6-8-11-19/h6-13,20,36H,4-5,14-18H2,1-3H3,(H,37,38)/t20-/m1/s1. The third-order valence-electron chi connectivity index (χ3n) is 7.06. The van der Waals surface area contributed by atoms with E-state index in [-0.39, 0.29) is 25.5 Å². The monoisotopic (exact) mass is 550 g/mol. The molecule has 1 fully saturated rings. The Hall–Kier alpha value is -4.54. The number of likely N-dealkylation sites (tertiary alicyclic amines) is 1. The smallest absolute Gasteiger partial charge is 0.407 e. The third kappa shape index (κ3) is 5.73. The van der Waals surface area contributed by atoms with Crippen LogP contribution in [0.3, 0.4) is 0 Å². The second-order valence-corrected chi connectivity index (χ2v) is 9.57. The van der Waals surface area contributed by atoms with Crippen LogP contribution in [0.15, 0.2) is 53.3 Å². The molecule has 1 aliphatic rings. The maximum atomic E-state index is 13.7. The summed E-state index contributed by atoms with van der Waals surface area (Å²) < 4.78 is 12.4. The average molecular weight is 551 g/mol. The van der Waals surface area contributed by atoms with Crippen molar-refractivity contribution in [3.05, 3.63) is 75.8 Å². The molecule has 1 aromatic heterocycles. The summed E-state index contributed by atoms with van der Waals surface area (Å²) in [6, 6.07) is 13.8. The highest BCUT2D eigenvalue weighted by molar-refractivity contribution is 5.96. The predicted octanol–water partition coefficient (Wildman–Crippen LogP) is 3.69. The molecule has 0 radical (unpaired) electrons. The molecule has 1 saturated heterocycles. The number of aromatic nitrogens is 2. The summed E-state index contributed by atoms with van der Waals surface area (Å²) in [5, 5.41) is 21.4. The molecule has 0 spiro atoms. The van der Waals surface area contributed by atoms with Crippen molar-refractivity contribution in [1.29, 1.82) is 0 Å². The van der Waals surface area contributed by atoms with E-state index in [1.165, 1.54) is 28.6 Å². The molecule has 1 atom stereocenters. The molecule has 212 valence electrons. The van der Waals surface area contributed by atoms with Crippen LogP contribution in [-0.4, -0.2) is 74.9 Å². The maximum Gasteiger partial charge on any atom is 0.407 e. The Kier molecular flexibility index (Phi) is 8.93. The summed E-state index contributed by atoms with van der Waals surface area (Å²) in [5.41, 5.74) is -0.190. The molecular weight excluding hydrogens is 516 g/mol. The zero-order valence-electron chi connectivity index (χ0n) is 22.9. The normalized spacial score (nSPS) is 14.7. The number of carbonyl (C=O) groups is 2. The number of hydrogen-bond donors (Lipinski definition) is 2. The number of methoxy groups -OCH3 is 2. The van der Waals surface area contributed by atoms with Crippen molar-refractivity contribution in [3.8, 4) is 23.1 Å². The number of carboxylic acid groups (broad SMARTS) is 1. The van der Waals surface area contributed by atoms with Gasteiger partial charge in [0.1, 0.15) is 23.0 Å². The molecule has 0 aliphatic carbocycles. The van der Waals surface area contributed by atoms with Gasteiger partial charge in [0, 0.05) is 26.1 Å². The van der Waals surface area contributed by atoms with Crippen LogP contribution in [-0.2, 0) is 13.0 Å². The lowest BCUT2D eigenvalue weighted by molar-refractivity contribution is 0.0761. The Morgan fingerprint density at radius 2 is 1.75 bits per heavy atom. The number of unbranched alkanes of at least 4 members (excludes halogenated alkanes) is 1. The van der Waals surface area contributed by atoms with Crippen molar-refractivity contribution in [2.24, 2.45) is 0 Å². The minimum Gasteiger partial charge on any atom is -0.494 e. The number of aryl methyl sites for hydroxylation is 1. The number of nitrogens with zero attached hydrogens (tertiary/aromatic N) is 4. The number of hydrogen-bond acceptors (Lipinski definition) is 7. The molecule has 2 amide bonds. The van der Waals surface area contributed by atoms with Crippen LogP contribution in [0.5, 0.6) is 17.4 Å². The van der Waals surface area contributed by atoms with E-state index in [2.05, 4.69) is 4.98 Å². The minimum atomic E-state index is -1.10. The van der Waals surface area contributed by atoms with E-state index in [4.69, 9.17) is 9.47 Å². The number of amides is 2. The van der Waals surface area contributed by atoms with Crippen LogP contribution in [0.25, 0.3) is 5.69 Å². The molecule has 0 bridgehead atoms. The zero-order chi connectivity index (χ0) is 28.8. The van der Waals surface area contributed by atoms with Crippen LogP contribution in [0.4, 0.5) is 4.79 Å². The van der Waals surface area contributed by atoms with Gasteiger partial charge in [-0.2, -0.15) is 4.98 Å². The second kappa shape index (κ2) is 12.5. The molecule has 11 heteroatoms. The van der Waals surface area contributed by atoms with Gasteiger partial charge < -0.3 is 24.6 Å². The summed E-state index contributed by atoms with van der Waals surface area (Å²) in [6.07, 6.45) is 1.17. The Morgan fingerprint density at radius 3 is 2.35 bits per heavy atom. The fraction of sp³-hybridized carbons (Fsp3) is 0.379. The summed E-state index contributed by atoms with van der Waals surface area (Å²) >= 11 is 0. The van der Waals surface area contributed by atoms with Gasteiger partial charge in [-0.15, -0.1) is 0 Å². The number of ether oxygens (including phenoxy) is 2. The van der Waals surface area contributed by atoms with Gasteiger partial charge in [0.05, 0.1) is 20.3 Å². The Morgan fingerprint density at radius 1 is 1.07 bits per heavy atom. The first-order valence-electron chi connectivity index (χ1n) is 13.2. The lowest BCUT2D eigenvalue weighted by Crippen LogP contribution is -2.42.